The summed E-state index contributed by atoms with van der Waals surface area (Å²) in [4.78, 5) is 16.4. The minimum Gasteiger partial charge on any atom is -0.345 e. The molecule has 0 spiro atoms. The lowest BCUT2D eigenvalue weighted by Gasteiger charge is -2.18. The summed E-state index contributed by atoms with van der Waals surface area (Å²) < 4.78 is 28.6. The molecule has 0 fully saturated rings. The highest BCUT2D eigenvalue weighted by atomic mass is 32.2. The monoisotopic (exact) mass is 376 g/mol. The lowest BCUT2D eigenvalue weighted by Crippen LogP contribution is -2.30. The van der Waals surface area contributed by atoms with Gasteiger partial charge in [-0.3, -0.25) is 4.79 Å². The molecule has 26 heavy (non-hydrogen) atoms. The molecule has 1 aromatic carbocycles. The molecule has 0 unspecified atom stereocenters. The zero-order valence-electron chi connectivity index (χ0n) is 15.3. The number of hydrogen-bond acceptors (Lipinski definition) is 4. The molecule has 1 heterocycles. The van der Waals surface area contributed by atoms with Gasteiger partial charge < -0.3 is 9.88 Å². The van der Waals surface area contributed by atoms with Gasteiger partial charge in [0.2, 0.25) is 15.9 Å². The molecular formula is C18H24N4O3S. The average Bonchev–Trinajstić information content (AvgIpc) is 2.94. The molecule has 0 saturated carbocycles. The van der Waals surface area contributed by atoms with Gasteiger partial charge in [-0.05, 0) is 18.2 Å². The number of hydrogen-bond donors (Lipinski definition) is 1. The molecule has 0 atom stereocenters. The molecule has 1 amide bonds. The number of fused-ring (bicyclic) bond motifs is 1. The SMILES string of the molecule is C#CCNC(=O)CCc1nc2cc(S(=O)(=O)N(CC)CC)ccc2n1C. The van der Waals surface area contributed by atoms with Crippen molar-refractivity contribution >= 4 is 27.0 Å². The van der Waals surface area contributed by atoms with E-state index in [0.29, 0.717) is 30.9 Å². The fraction of sp³-hybridized carbons (Fsp3) is 0.444. The van der Waals surface area contributed by atoms with Gasteiger partial charge in [0.1, 0.15) is 5.82 Å². The molecule has 0 radical (unpaired) electrons. The Morgan fingerprint density at radius 1 is 1.35 bits per heavy atom. The number of aryl methyl sites for hydroxylation is 2. The Labute approximate surface area is 154 Å². The summed E-state index contributed by atoms with van der Waals surface area (Å²) in [6.45, 7) is 4.65. The van der Waals surface area contributed by atoms with Crippen molar-refractivity contribution in [1.29, 1.82) is 0 Å². The second-order valence-corrected chi connectivity index (χ2v) is 7.75. The normalized spacial score (nSPS) is 11.7. The lowest BCUT2D eigenvalue weighted by molar-refractivity contribution is -0.120. The van der Waals surface area contributed by atoms with E-state index in [4.69, 9.17) is 6.42 Å². The van der Waals surface area contributed by atoms with Gasteiger partial charge in [0.05, 0.1) is 22.5 Å². The number of terminal acetylenes is 1. The highest BCUT2D eigenvalue weighted by molar-refractivity contribution is 7.89. The van der Waals surface area contributed by atoms with Gasteiger partial charge in [0, 0.05) is 33.0 Å². The van der Waals surface area contributed by atoms with Crippen LogP contribution in [0.1, 0.15) is 26.1 Å². The van der Waals surface area contributed by atoms with E-state index in [9.17, 15) is 13.2 Å². The molecule has 0 aliphatic heterocycles. The maximum atomic E-state index is 12.7. The lowest BCUT2D eigenvalue weighted by atomic mass is 10.3. The van der Waals surface area contributed by atoms with Crippen molar-refractivity contribution < 1.29 is 13.2 Å². The van der Waals surface area contributed by atoms with Crippen LogP contribution in [0.25, 0.3) is 11.0 Å². The molecule has 0 bridgehead atoms. The van der Waals surface area contributed by atoms with E-state index in [1.54, 1.807) is 18.2 Å². The van der Waals surface area contributed by atoms with Crippen molar-refractivity contribution in [3.63, 3.8) is 0 Å². The Hall–Kier alpha value is -2.37. The molecule has 7 nitrogen and oxygen atoms in total. The summed E-state index contributed by atoms with van der Waals surface area (Å²) in [6, 6.07) is 4.94. The van der Waals surface area contributed by atoms with E-state index in [1.807, 2.05) is 25.5 Å². The quantitative estimate of drug-likeness (QED) is 0.704. The number of benzene rings is 1. The molecule has 0 aliphatic carbocycles. The highest BCUT2D eigenvalue weighted by Crippen LogP contribution is 2.22. The maximum Gasteiger partial charge on any atom is 0.243 e. The van der Waals surface area contributed by atoms with Crippen molar-refractivity contribution in [3.05, 3.63) is 24.0 Å². The molecule has 0 aliphatic rings. The smallest absolute Gasteiger partial charge is 0.243 e. The van der Waals surface area contributed by atoms with Gasteiger partial charge in [-0.25, -0.2) is 13.4 Å². The van der Waals surface area contributed by atoms with Gasteiger partial charge >= 0.3 is 0 Å². The second-order valence-electron chi connectivity index (χ2n) is 5.81. The number of carbonyl (C=O) groups excluding carboxylic acids is 1. The van der Waals surface area contributed by atoms with Crippen molar-refractivity contribution in [3.8, 4) is 12.3 Å². The fourth-order valence-electron chi connectivity index (χ4n) is 2.79. The Kier molecular flexibility index (Phi) is 6.40. The molecule has 2 rings (SSSR count). The number of nitrogens with zero attached hydrogens (tertiary/aromatic N) is 3. The Balaban J connectivity index is 2.28. The van der Waals surface area contributed by atoms with Crippen LogP contribution < -0.4 is 5.32 Å². The van der Waals surface area contributed by atoms with Crippen LogP contribution >= 0.6 is 0 Å². The second kappa shape index (κ2) is 8.34. The van der Waals surface area contributed by atoms with E-state index in [0.717, 1.165) is 5.52 Å². The molecule has 8 heteroatoms. The number of sulfonamides is 1. The number of carbonyl (C=O) groups is 1. The first-order chi connectivity index (χ1) is 12.3. The predicted octanol–water partition coefficient (Wildman–Crippen LogP) is 1.29. The van der Waals surface area contributed by atoms with Gasteiger partial charge in [-0.15, -0.1) is 6.42 Å². The molecule has 0 saturated heterocycles. The molecule has 1 aromatic heterocycles. The van der Waals surface area contributed by atoms with Gasteiger partial charge in [-0.1, -0.05) is 19.8 Å². The average molecular weight is 376 g/mol. The number of aromatic nitrogens is 2. The van der Waals surface area contributed by atoms with Crippen molar-refractivity contribution in [2.75, 3.05) is 19.6 Å². The number of nitrogens with one attached hydrogen (secondary N) is 1. The van der Waals surface area contributed by atoms with Crippen molar-refractivity contribution in [1.82, 2.24) is 19.2 Å². The number of imidazole rings is 1. The van der Waals surface area contributed by atoms with E-state index >= 15 is 0 Å². The summed E-state index contributed by atoms with van der Waals surface area (Å²) in [7, 11) is -1.68. The van der Waals surface area contributed by atoms with Crippen LogP contribution in [0.3, 0.4) is 0 Å². The summed E-state index contributed by atoms with van der Waals surface area (Å²) >= 11 is 0. The molecular weight excluding hydrogens is 352 g/mol. The van der Waals surface area contributed by atoms with Gasteiger partial charge in [0.15, 0.2) is 0 Å². The van der Waals surface area contributed by atoms with Crippen molar-refractivity contribution in [2.45, 2.75) is 31.6 Å². The standard InChI is InChI=1S/C18H24N4O3S/c1-5-12-19-18(23)11-10-17-20-15-13-14(8-9-16(15)21(17)4)26(24,25)22(6-2)7-3/h1,8-9,13H,6-7,10-12H2,2-4H3,(H,19,23). The van der Waals surface area contributed by atoms with Crippen LogP contribution in [0.2, 0.25) is 0 Å². The van der Waals surface area contributed by atoms with Crippen molar-refractivity contribution in [2.24, 2.45) is 7.05 Å². The van der Waals surface area contributed by atoms with E-state index in [1.165, 1.54) is 4.31 Å². The number of rotatable bonds is 8. The van der Waals surface area contributed by atoms with Gasteiger partial charge in [-0.2, -0.15) is 4.31 Å². The van der Waals surface area contributed by atoms with E-state index in [2.05, 4.69) is 16.2 Å². The first-order valence-electron chi connectivity index (χ1n) is 8.50. The van der Waals surface area contributed by atoms with Crippen LogP contribution in [-0.4, -0.2) is 47.8 Å². The number of amides is 1. The summed E-state index contributed by atoms with van der Waals surface area (Å²) in [6.07, 6.45) is 5.83. The zero-order valence-corrected chi connectivity index (χ0v) is 16.1. The fourth-order valence-corrected chi connectivity index (χ4v) is 4.27. The highest BCUT2D eigenvalue weighted by Gasteiger charge is 2.22. The topological polar surface area (TPSA) is 84.3 Å². The minimum atomic E-state index is -3.53. The molecule has 140 valence electrons. The largest absolute Gasteiger partial charge is 0.345 e. The summed E-state index contributed by atoms with van der Waals surface area (Å²) in [5, 5.41) is 2.61. The third kappa shape index (κ3) is 4.06. The van der Waals surface area contributed by atoms with Crippen LogP contribution in [0.4, 0.5) is 0 Å². The zero-order chi connectivity index (χ0) is 19.3. The molecule has 2 aromatic rings. The Morgan fingerprint density at radius 2 is 2.04 bits per heavy atom. The third-order valence-electron chi connectivity index (χ3n) is 4.25. The summed E-state index contributed by atoms with van der Waals surface area (Å²) in [5.41, 5.74) is 1.42. The maximum absolute atomic E-state index is 12.7. The van der Waals surface area contributed by atoms with Crippen LogP contribution in [0, 0.1) is 12.3 Å². The molecule has 1 N–H and O–H groups in total. The Bertz CT molecular complexity index is 937. The van der Waals surface area contributed by atoms with Crippen LogP contribution in [0.5, 0.6) is 0 Å². The van der Waals surface area contributed by atoms with Gasteiger partial charge in [0.25, 0.3) is 0 Å². The third-order valence-corrected chi connectivity index (χ3v) is 6.30. The van der Waals surface area contributed by atoms with Crippen LogP contribution in [-0.2, 0) is 28.3 Å². The summed E-state index contributed by atoms with van der Waals surface area (Å²) in [5.74, 6) is 2.93. The van der Waals surface area contributed by atoms with E-state index in [-0.39, 0.29) is 23.8 Å². The van der Waals surface area contributed by atoms with E-state index < -0.39 is 10.0 Å². The first-order valence-corrected chi connectivity index (χ1v) is 9.94. The first kappa shape index (κ1) is 19.9. The predicted molar refractivity (Wildman–Crippen MR) is 101 cm³/mol. The minimum absolute atomic E-state index is 0.139. The van der Waals surface area contributed by atoms with Crippen LogP contribution in [0.15, 0.2) is 23.1 Å². The Morgan fingerprint density at radius 3 is 2.65 bits per heavy atom.